The smallest absolute Gasteiger partial charge is 0.237 e. The molecule has 1 saturated heterocycles. The summed E-state index contributed by atoms with van der Waals surface area (Å²) in [7, 11) is -3.36. The maximum atomic E-state index is 11.9. The van der Waals surface area contributed by atoms with Gasteiger partial charge in [-0.15, -0.1) is 0 Å². The van der Waals surface area contributed by atoms with Crippen molar-refractivity contribution in [2.45, 2.75) is 6.10 Å². The maximum absolute atomic E-state index is 11.9. The van der Waals surface area contributed by atoms with E-state index in [-0.39, 0.29) is 12.5 Å². The Morgan fingerprint density at radius 3 is 2.39 bits per heavy atom. The van der Waals surface area contributed by atoms with Crippen molar-refractivity contribution >= 4 is 15.9 Å². The first-order chi connectivity index (χ1) is 10.8. The fraction of sp³-hybridized carbons (Fsp3) is 0.533. The Kier molecular flexibility index (Phi) is 6.11. The number of sulfonamides is 1. The molecule has 1 amide bonds. The fourth-order valence-corrected chi connectivity index (χ4v) is 2.90. The highest BCUT2D eigenvalue weighted by Gasteiger charge is 2.23. The van der Waals surface area contributed by atoms with Gasteiger partial charge in [0.25, 0.3) is 0 Å². The second-order valence-corrected chi connectivity index (χ2v) is 7.53. The highest BCUT2D eigenvalue weighted by molar-refractivity contribution is 7.88. The molecule has 128 valence electrons. The first kappa shape index (κ1) is 17.9. The summed E-state index contributed by atoms with van der Waals surface area (Å²) in [6.07, 6.45) is 0.480. The Morgan fingerprint density at radius 1 is 1.22 bits per heavy atom. The molecule has 1 aliphatic heterocycles. The van der Waals surface area contributed by atoms with Crippen LogP contribution in [0, 0.1) is 0 Å². The summed E-state index contributed by atoms with van der Waals surface area (Å²) in [4.78, 5) is 15.7. The molecule has 0 spiro atoms. The number of carbonyl (C=O) groups excluding carboxylic acids is 1. The monoisotopic (exact) mass is 341 g/mol. The van der Waals surface area contributed by atoms with Gasteiger partial charge in [-0.3, -0.25) is 9.69 Å². The van der Waals surface area contributed by atoms with E-state index < -0.39 is 16.1 Å². The van der Waals surface area contributed by atoms with Gasteiger partial charge in [0.05, 0.1) is 18.9 Å². The minimum Gasteiger partial charge on any atom is -0.387 e. The van der Waals surface area contributed by atoms with E-state index in [0.717, 1.165) is 11.8 Å². The molecule has 8 heteroatoms. The average molecular weight is 341 g/mol. The topological polar surface area (TPSA) is 90.0 Å². The SMILES string of the molecule is CS(=O)(=O)NCC(=O)N1CCN(C[C@@H](O)c2ccccc2)CC1. The molecular formula is C15H23N3O4S. The lowest BCUT2D eigenvalue weighted by Crippen LogP contribution is -2.51. The normalized spacial score (nSPS) is 17.9. The summed E-state index contributed by atoms with van der Waals surface area (Å²) in [5.74, 6) is -0.223. The number of carbonyl (C=O) groups is 1. The summed E-state index contributed by atoms with van der Waals surface area (Å²) in [6, 6.07) is 9.47. The second-order valence-electron chi connectivity index (χ2n) is 5.70. The number of benzene rings is 1. The predicted octanol–water partition coefficient (Wildman–Crippen LogP) is -0.587. The molecular weight excluding hydrogens is 318 g/mol. The zero-order valence-corrected chi connectivity index (χ0v) is 14.0. The number of piperazine rings is 1. The lowest BCUT2D eigenvalue weighted by Gasteiger charge is -2.35. The predicted molar refractivity (Wildman–Crippen MR) is 87.3 cm³/mol. The Bertz CT molecular complexity index is 613. The van der Waals surface area contributed by atoms with E-state index >= 15 is 0 Å². The first-order valence-electron chi connectivity index (χ1n) is 7.53. The van der Waals surface area contributed by atoms with Gasteiger partial charge in [0.2, 0.25) is 15.9 Å². The third-order valence-corrected chi connectivity index (χ3v) is 4.49. The van der Waals surface area contributed by atoms with Crippen LogP contribution < -0.4 is 4.72 Å². The van der Waals surface area contributed by atoms with Crippen LogP contribution in [-0.4, -0.2) is 74.8 Å². The number of rotatable bonds is 6. The molecule has 23 heavy (non-hydrogen) atoms. The number of aliphatic hydroxyl groups excluding tert-OH is 1. The quantitative estimate of drug-likeness (QED) is 0.722. The van der Waals surface area contributed by atoms with Gasteiger partial charge in [0.15, 0.2) is 0 Å². The lowest BCUT2D eigenvalue weighted by atomic mass is 10.1. The lowest BCUT2D eigenvalue weighted by molar-refractivity contribution is -0.131. The van der Waals surface area contributed by atoms with Crippen LogP contribution >= 0.6 is 0 Å². The summed E-state index contributed by atoms with van der Waals surface area (Å²) in [6.45, 7) is 2.71. The minimum atomic E-state index is -3.36. The summed E-state index contributed by atoms with van der Waals surface area (Å²) in [5, 5.41) is 10.2. The average Bonchev–Trinajstić information content (AvgIpc) is 2.53. The number of amides is 1. The minimum absolute atomic E-state index is 0.203. The molecule has 1 fully saturated rings. The van der Waals surface area contributed by atoms with Crippen LogP contribution in [-0.2, 0) is 14.8 Å². The van der Waals surface area contributed by atoms with Gasteiger partial charge in [-0.25, -0.2) is 13.1 Å². The van der Waals surface area contributed by atoms with Crippen molar-refractivity contribution in [2.75, 3.05) is 45.5 Å². The molecule has 1 aromatic rings. The van der Waals surface area contributed by atoms with Crippen LogP contribution in [0.4, 0.5) is 0 Å². The third-order valence-electron chi connectivity index (χ3n) is 3.83. The third kappa shape index (κ3) is 5.91. The van der Waals surface area contributed by atoms with E-state index in [9.17, 15) is 18.3 Å². The van der Waals surface area contributed by atoms with E-state index in [4.69, 9.17) is 0 Å². The Morgan fingerprint density at radius 2 is 1.83 bits per heavy atom. The molecule has 1 heterocycles. The molecule has 2 rings (SSSR count). The molecule has 0 saturated carbocycles. The maximum Gasteiger partial charge on any atom is 0.237 e. The second kappa shape index (κ2) is 7.87. The van der Waals surface area contributed by atoms with Gasteiger partial charge in [-0.2, -0.15) is 0 Å². The zero-order chi connectivity index (χ0) is 16.9. The summed E-state index contributed by atoms with van der Waals surface area (Å²) in [5.41, 5.74) is 0.878. The number of β-amino-alcohol motifs (C(OH)–C–C–N with tert-alkyl or cyclic N) is 1. The standard InChI is InChI=1S/C15H23N3O4S/c1-23(21,22)16-11-15(20)18-9-7-17(8-10-18)12-14(19)13-5-3-2-4-6-13/h2-6,14,16,19H,7-12H2,1H3/t14-/m1/s1. The molecule has 7 nitrogen and oxygen atoms in total. The van der Waals surface area contributed by atoms with Gasteiger partial charge in [-0.05, 0) is 5.56 Å². The van der Waals surface area contributed by atoms with Gasteiger partial charge in [-0.1, -0.05) is 30.3 Å². The molecule has 1 atom stereocenters. The summed E-state index contributed by atoms with van der Waals surface area (Å²) < 4.78 is 24.2. The molecule has 1 aliphatic rings. The highest BCUT2D eigenvalue weighted by Crippen LogP contribution is 2.14. The number of hydrogen-bond acceptors (Lipinski definition) is 5. The van der Waals surface area contributed by atoms with E-state index in [1.807, 2.05) is 30.3 Å². The number of nitrogens with zero attached hydrogens (tertiary/aromatic N) is 2. The van der Waals surface area contributed by atoms with Crippen LogP contribution in [0.5, 0.6) is 0 Å². The first-order valence-corrected chi connectivity index (χ1v) is 9.42. The van der Waals surface area contributed by atoms with E-state index in [0.29, 0.717) is 32.7 Å². The van der Waals surface area contributed by atoms with Crippen molar-refractivity contribution in [3.8, 4) is 0 Å². The van der Waals surface area contributed by atoms with E-state index in [1.165, 1.54) is 0 Å². The Labute approximate surface area is 136 Å². The van der Waals surface area contributed by atoms with Crippen LogP contribution in [0.2, 0.25) is 0 Å². The van der Waals surface area contributed by atoms with E-state index in [1.54, 1.807) is 4.90 Å². The Balaban J connectivity index is 1.76. The molecule has 2 N–H and O–H groups in total. The largest absolute Gasteiger partial charge is 0.387 e. The van der Waals surface area contributed by atoms with E-state index in [2.05, 4.69) is 9.62 Å². The van der Waals surface area contributed by atoms with Crippen molar-refractivity contribution in [3.05, 3.63) is 35.9 Å². The number of hydrogen-bond donors (Lipinski definition) is 2. The van der Waals surface area contributed by atoms with Gasteiger partial charge in [0.1, 0.15) is 0 Å². The molecule has 0 aliphatic carbocycles. The molecule has 0 bridgehead atoms. The van der Waals surface area contributed by atoms with Crippen molar-refractivity contribution in [1.29, 1.82) is 0 Å². The van der Waals surface area contributed by atoms with Crippen LogP contribution in [0.25, 0.3) is 0 Å². The number of nitrogens with one attached hydrogen (secondary N) is 1. The summed E-state index contributed by atoms with van der Waals surface area (Å²) >= 11 is 0. The van der Waals surface area contributed by atoms with Crippen LogP contribution in [0.15, 0.2) is 30.3 Å². The highest BCUT2D eigenvalue weighted by atomic mass is 32.2. The van der Waals surface area contributed by atoms with Crippen molar-refractivity contribution in [3.63, 3.8) is 0 Å². The zero-order valence-electron chi connectivity index (χ0n) is 13.2. The molecule has 0 aromatic heterocycles. The molecule has 0 unspecified atom stereocenters. The van der Waals surface area contributed by atoms with Crippen LogP contribution in [0.1, 0.15) is 11.7 Å². The van der Waals surface area contributed by atoms with Crippen molar-refractivity contribution < 1.29 is 18.3 Å². The van der Waals surface area contributed by atoms with Gasteiger partial charge < -0.3 is 10.0 Å². The van der Waals surface area contributed by atoms with Crippen molar-refractivity contribution in [1.82, 2.24) is 14.5 Å². The van der Waals surface area contributed by atoms with Gasteiger partial charge >= 0.3 is 0 Å². The van der Waals surface area contributed by atoms with Crippen LogP contribution in [0.3, 0.4) is 0 Å². The molecule has 1 aromatic carbocycles. The van der Waals surface area contributed by atoms with Crippen molar-refractivity contribution in [2.24, 2.45) is 0 Å². The van der Waals surface area contributed by atoms with Gasteiger partial charge in [0, 0.05) is 32.7 Å². The molecule has 0 radical (unpaired) electrons. The Hall–Kier alpha value is -1.48. The fourth-order valence-electron chi connectivity index (χ4n) is 2.51. The number of aliphatic hydroxyl groups is 1.